The van der Waals surface area contributed by atoms with Crippen LogP contribution >= 0.6 is 23.2 Å². The molecule has 6 heteroatoms. The minimum Gasteiger partial charge on any atom is -0.337 e. The third kappa shape index (κ3) is 2.32. The van der Waals surface area contributed by atoms with Crippen molar-refractivity contribution < 1.29 is 0 Å². The summed E-state index contributed by atoms with van der Waals surface area (Å²) in [5.74, 6) is 0.560. The fourth-order valence-electron chi connectivity index (χ4n) is 1.85. The van der Waals surface area contributed by atoms with Gasteiger partial charge in [0.15, 0.2) is 5.82 Å². The van der Waals surface area contributed by atoms with Gasteiger partial charge >= 0.3 is 0 Å². The van der Waals surface area contributed by atoms with Gasteiger partial charge in [-0.1, -0.05) is 47.5 Å². The molecule has 0 saturated carbocycles. The van der Waals surface area contributed by atoms with Gasteiger partial charge in [-0.15, -0.1) is 10.2 Å². The lowest BCUT2D eigenvalue weighted by molar-refractivity contribution is 0.871. The predicted molar refractivity (Wildman–Crippen MR) is 77.1 cm³/mol. The van der Waals surface area contributed by atoms with E-state index < -0.39 is 0 Å². The SMILES string of the molecule is Clc1cc2ccccc2c(Nc2ccnnn2)c1Cl. The number of hydrogen-bond acceptors (Lipinski definition) is 4. The first-order valence-electron chi connectivity index (χ1n) is 5.54. The first-order valence-corrected chi connectivity index (χ1v) is 6.29. The van der Waals surface area contributed by atoms with Crippen molar-refractivity contribution in [3.8, 4) is 0 Å². The molecule has 94 valence electrons. The van der Waals surface area contributed by atoms with E-state index >= 15 is 0 Å². The molecule has 0 spiro atoms. The van der Waals surface area contributed by atoms with Gasteiger partial charge in [0, 0.05) is 11.5 Å². The van der Waals surface area contributed by atoms with Crippen LogP contribution in [0.1, 0.15) is 0 Å². The average Bonchev–Trinajstić information content (AvgIpc) is 2.45. The monoisotopic (exact) mass is 290 g/mol. The molecule has 0 saturated heterocycles. The average molecular weight is 291 g/mol. The first-order chi connectivity index (χ1) is 9.25. The van der Waals surface area contributed by atoms with E-state index in [1.165, 1.54) is 0 Å². The van der Waals surface area contributed by atoms with Crippen molar-refractivity contribution >= 4 is 45.5 Å². The Bertz CT molecular complexity index is 731. The highest BCUT2D eigenvalue weighted by Gasteiger charge is 2.11. The Morgan fingerprint density at radius 3 is 2.68 bits per heavy atom. The third-order valence-corrected chi connectivity index (χ3v) is 3.49. The molecule has 0 unspecified atom stereocenters. The molecule has 0 fully saturated rings. The highest BCUT2D eigenvalue weighted by atomic mass is 35.5. The molecule has 0 amide bonds. The van der Waals surface area contributed by atoms with E-state index in [1.54, 1.807) is 12.3 Å². The molecule has 0 aliphatic carbocycles. The fourth-order valence-corrected chi connectivity index (χ4v) is 2.26. The van der Waals surface area contributed by atoms with Crippen molar-refractivity contribution in [3.63, 3.8) is 0 Å². The van der Waals surface area contributed by atoms with Crippen LogP contribution in [0.25, 0.3) is 10.8 Å². The summed E-state index contributed by atoms with van der Waals surface area (Å²) in [5, 5.41) is 17.1. The maximum absolute atomic E-state index is 6.26. The van der Waals surface area contributed by atoms with Crippen LogP contribution in [0.3, 0.4) is 0 Å². The topological polar surface area (TPSA) is 50.7 Å². The number of fused-ring (bicyclic) bond motifs is 1. The summed E-state index contributed by atoms with van der Waals surface area (Å²) in [7, 11) is 0. The second kappa shape index (κ2) is 4.99. The molecular weight excluding hydrogens is 283 g/mol. The molecule has 3 aromatic rings. The van der Waals surface area contributed by atoms with Crippen LogP contribution in [0.5, 0.6) is 0 Å². The van der Waals surface area contributed by atoms with Crippen molar-refractivity contribution in [2.24, 2.45) is 0 Å². The van der Waals surface area contributed by atoms with E-state index in [2.05, 4.69) is 20.7 Å². The van der Waals surface area contributed by atoms with Crippen LogP contribution in [-0.4, -0.2) is 15.4 Å². The maximum atomic E-state index is 6.26. The van der Waals surface area contributed by atoms with Gasteiger partial charge < -0.3 is 5.32 Å². The smallest absolute Gasteiger partial charge is 0.156 e. The second-order valence-corrected chi connectivity index (χ2v) is 4.68. The number of nitrogens with one attached hydrogen (secondary N) is 1. The van der Waals surface area contributed by atoms with Crippen molar-refractivity contribution in [2.75, 3.05) is 5.32 Å². The second-order valence-electron chi connectivity index (χ2n) is 3.90. The van der Waals surface area contributed by atoms with Gasteiger partial charge in [-0.3, -0.25) is 0 Å². The molecule has 4 nitrogen and oxygen atoms in total. The standard InChI is InChI=1S/C13H8Cl2N4/c14-10-7-8-3-1-2-4-9(8)13(12(10)15)17-11-5-6-16-19-18-11/h1-7H,(H,16,17,18). The van der Waals surface area contributed by atoms with E-state index in [1.807, 2.05) is 30.3 Å². The molecule has 2 aromatic carbocycles. The molecule has 0 bridgehead atoms. The van der Waals surface area contributed by atoms with Gasteiger partial charge in [0.2, 0.25) is 0 Å². The summed E-state index contributed by atoms with van der Waals surface area (Å²) in [6.07, 6.45) is 1.55. The Morgan fingerprint density at radius 1 is 1.05 bits per heavy atom. The lowest BCUT2D eigenvalue weighted by Gasteiger charge is -2.12. The van der Waals surface area contributed by atoms with E-state index in [4.69, 9.17) is 23.2 Å². The molecule has 1 aromatic heterocycles. The Morgan fingerprint density at radius 2 is 1.89 bits per heavy atom. The summed E-state index contributed by atoms with van der Waals surface area (Å²) >= 11 is 12.4. The molecule has 1 heterocycles. The normalized spacial score (nSPS) is 10.6. The number of benzene rings is 2. The molecular formula is C13H8Cl2N4. The van der Waals surface area contributed by atoms with E-state index in [0.29, 0.717) is 21.6 Å². The number of rotatable bonds is 2. The minimum atomic E-state index is 0.457. The zero-order valence-electron chi connectivity index (χ0n) is 9.64. The predicted octanol–water partition coefficient (Wildman–Crippen LogP) is 4.08. The summed E-state index contributed by atoms with van der Waals surface area (Å²) in [5.41, 5.74) is 0.713. The van der Waals surface area contributed by atoms with Gasteiger partial charge in [0.1, 0.15) is 0 Å². The summed E-state index contributed by atoms with van der Waals surface area (Å²) in [4.78, 5) is 0. The fraction of sp³-hybridized carbons (Fsp3) is 0. The van der Waals surface area contributed by atoms with Crippen molar-refractivity contribution in [1.29, 1.82) is 0 Å². The van der Waals surface area contributed by atoms with Gasteiger partial charge in [-0.25, -0.2) is 0 Å². The molecule has 19 heavy (non-hydrogen) atoms. The number of halogens is 2. The Kier molecular flexibility index (Phi) is 3.19. The van der Waals surface area contributed by atoms with Gasteiger partial charge in [0.25, 0.3) is 0 Å². The summed E-state index contributed by atoms with van der Waals surface area (Å²) < 4.78 is 0. The van der Waals surface area contributed by atoms with Gasteiger partial charge in [-0.2, -0.15) is 0 Å². The molecule has 0 aliphatic heterocycles. The summed E-state index contributed by atoms with van der Waals surface area (Å²) in [6.45, 7) is 0. The molecule has 3 rings (SSSR count). The van der Waals surface area contributed by atoms with Gasteiger partial charge in [0.05, 0.1) is 21.9 Å². The van der Waals surface area contributed by atoms with Crippen molar-refractivity contribution in [3.05, 3.63) is 52.6 Å². The van der Waals surface area contributed by atoms with Gasteiger partial charge in [-0.05, 0) is 16.7 Å². The van der Waals surface area contributed by atoms with E-state index in [9.17, 15) is 0 Å². The molecule has 0 aliphatic rings. The zero-order chi connectivity index (χ0) is 13.2. The highest BCUT2D eigenvalue weighted by molar-refractivity contribution is 6.45. The number of nitrogens with zero attached hydrogens (tertiary/aromatic N) is 3. The lowest BCUT2D eigenvalue weighted by Crippen LogP contribution is -1.98. The largest absolute Gasteiger partial charge is 0.337 e. The maximum Gasteiger partial charge on any atom is 0.156 e. The Balaban J connectivity index is 2.19. The minimum absolute atomic E-state index is 0.457. The van der Waals surface area contributed by atoms with Crippen LogP contribution in [0.4, 0.5) is 11.5 Å². The molecule has 0 atom stereocenters. The van der Waals surface area contributed by atoms with Crippen LogP contribution in [-0.2, 0) is 0 Å². The lowest BCUT2D eigenvalue weighted by atomic mass is 10.1. The first kappa shape index (κ1) is 12.1. The molecule has 0 radical (unpaired) electrons. The van der Waals surface area contributed by atoms with Crippen LogP contribution in [0, 0.1) is 0 Å². The quantitative estimate of drug-likeness (QED) is 0.773. The number of hydrogen-bond donors (Lipinski definition) is 1. The van der Waals surface area contributed by atoms with E-state index in [0.717, 1.165) is 10.8 Å². The Labute approximate surface area is 119 Å². The third-order valence-electron chi connectivity index (χ3n) is 2.70. The molecule has 1 N–H and O–H groups in total. The van der Waals surface area contributed by atoms with Crippen LogP contribution < -0.4 is 5.32 Å². The highest BCUT2D eigenvalue weighted by Crippen LogP contribution is 2.38. The number of aromatic nitrogens is 3. The zero-order valence-corrected chi connectivity index (χ0v) is 11.2. The Hall–Kier alpha value is -1.91. The van der Waals surface area contributed by atoms with E-state index in [-0.39, 0.29) is 0 Å². The van der Waals surface area contributed by atoms with Crippen molar-refractivity contribution in [2.45, 2.75) is 0 Å². The van der Waals surface area contributed by atoms with Crippen LogP contribution in [0.15, 0.2) is 42.6 Å². The summed E-state index contributed by atoms with van der Waals surface area (Å²) in [6, 6.07) is 11.4. The number of anilines is 2. The van der Waals surface area contributed by atoms with Crippen LogP contribution in [0.2, 0.25) is 10.0 Å². The van der Waals surface area contributed by atoms with Crippen molar-refractivity contribution in [1.82, 2.24) is 15.4 Å².